The molecule has 1 aromatic heterocycles. The summed E-state index contributed by atoms with van der Waals surface area (Å²) in [4.78, 5) is 4.49. The van der Waals surface area contributed by atoms with Gasteiger partial charge in [-0.25, -0.2) is 0 Å². The largest absolute Gasteiger partial charge is 0.356 e. The van der Waals surface area contributed by atoms with Gasteiger partial charge in [0.25, 0.3) is 0 Å². The van der Waals surface area contributed by atoms with Crippen LogP contribution in [0.3, 0.4) is 0 Å². The summed E-state index contributed by atoms with van der Waals surface area (Å²) in [6.45, 7) is 0.650. The summed E-state index contributed by atoms with van der Waals surface area (Å²) in [6.07, 6.45) is 0. The molecule has 0 unspecified atom stereocenters. The highest BCUT2D eigenvalue weighted by atomic mass is 35.5. The van der Waals surface area contributed by atoms with E-state index < -0.39 is 0 Å². The van der Waals surface area contributed by atoms with Crippen LogP contribution in [0.1, 0.15) is 11.1 Å². The third kappa shape index (κ3) is 4.22. The smallest absolute Gasteiger partial charge is 0.203 e. The summed E-state index contributed by atoms with van der Waals surface area (Å²) >= 11 is 9.15. The van der Waals surface area contributed by atoms with Crippen molar-refractivity contribution in [2.24, 2.45) is 0 Å². The molecule has 0 aliphatic carbocycles. The van der Waals surface area contributed by atoms with Gasteiger partial charge in [-0.15, -0.1) is 0 Å². The van der Waals surface area contributed by atoms with Crippen molar-refractivity contribution in [3.05, 3.63) is 70.7 Å². The maximum Gasteiger partial charge on any atom is 0.203 e. The molecule has 2 aromatic carbocycles. The Hall–Kier alpha value is -1.56. The van der Waals surface area contributed by atoms with E-state index in [2.05, 4.69) is 26.8 Å². The van der Waals surface area contributed by atoms with E-state index in [9.17, 15) is 0 Å². The number of rotatable bonds is 6. The van der Waals surface area contributed by atoms with Gasteiger partial charge in [-0.3, -0.25) is 0 Å². The fraction of sp³-hybridized carbons (Fsp3) is 0.125. The summed E-state index contributed by atoms with van der Waals surface area (Å²) < 4.78 is 4.36. The monoisotopic (exact) mass is 347 g/mol. The first-order valence-electron chi connectivity index (χ1n) is 6.79. The molecule has 112 valence electrons. The van der Waals surface area contributed by atoms with Gasteiger partial charge >= 0.3 is 0 Å². The zero-order valence-corrected chi connectivity index (χ0v) is 14.1. The minimum Gasteiger partial charge on any atom is -0.356 e. The van der Waals surface area contributed by atoms with Crippen molar-refractivity contribution < 1.29 is 0 Å². The van der Waals surface area contributed by atoms with Gasteiger partial charge in [-0.1, -0.05) is 71.9 Å². The molecule has 0 aliphatic heterocycles. The number of benzene rings is 2. The van der Waals surface area contributed by atoms with Crippen LogP contribution >= 0.6 is 34.9 Å². The summed E-state index contributed by atoms with van der Waals surface area (Å²) in [7, 11) is 0. The third-order valence-electron chi connectivity index (χ3n) is 3.01. The molecule has 0 saturated carbocycles. The van der Waals surface area contributed by atoms with Gasteiger partial charge in [0.05, 0.1) is 0 Å². The Labute approximate surface area is 142 Å². The molecule has 0 radical (unpaired) electrons. The minimum absolute atomic E-state index is 0.650. The van der Waals surface area contributed by atoms with E-state index in [1.165, 1.54) is 17.1 Å². The molecule has 1 N–H and O–H groups in total. The molecule has 0 saturated heterocycles. The minimum atomic E-state index is 0.650. The molecule has 0 amide bonds. The maximum absolute atomic E-state index is 6.14. The average molecular weight is 348 g/mol. The number of hydrogen-bond acceptors (Lipinski definition) is 5. The number of nitrogens with one attached hydrogen (secondary N) is 1. The number of aromatic nitrogens is 2. The van der Waals surface area contributed by atoms with Crippen LogP contribution in [-0.4, -0.2) is 9.36 Å². The van der Waals surface area contributed by atoms with Gasteiger partial charge in [0, 0.05) is 28.9 Å². The molecule has 0 atom stereocenters. The van der Waals surface area contributed by atoms with Crippen LogP contribution in [0.5, 0.6) is 0 Å². The molecule has 3 nitrogen and oxygen atoms in total. The Morgan fingerprint density at radius 1 is 1.05 bits per heavy atom. The summed E-state index contributed by atoms with van der Waals surface area (Å²) in [5, 5.41) is 5.65. The molecule has 1 heterocycles. The highest BCUT2D eigenvalue weighted by Crippen LogP contribution is 2.24. The predicted octanol–water partition coefficient (Wildman–Crippen LogP) is 5.10. The number of halogens is 1. The zero-order chi connectivity index (χ0) is 15.2. The molecular formula is C16H14ClN3S2. The van der Waals surface area contributed by atoms with Gasteiger partial charge in [0.2, 0.25) is 10.3 Å². The second-order valence-corrected chi connectivity index (χ2v) is 6.70. The van der Waals surface area contributed by atoms with Crippen molar-refractivity contribution in [2.45, 2.75) is 17.5 Å². The first kappa shape index (κ1) is 15.3. The van der Waals surface area contributed by atoms with Gasteiger partial charge in [0.1, 0.15) is 0 Å². The van der Waals surface area contributed by atoms with Crippen LogP contribution in [0, 0.1) is 0 Å². The summed E-state index contributed by atoms with van der Waals surface area (Å²) in [5.74, 6) is 0.877. The fourth-order valence-electron chi connectivity index (χ4n) is 1.88. The van der Waals surface area contributed by atoms with Gasteiger partial charge in [-0.05, 0) is 17.2 Å². The van der Waals surface area contributed by atoms with E-state index in [4.69, 9.17) is 11.6 Å². The van der Waals surface area contributed by atoms with Crippen molar-refractivity contribution in [1.29, 1.82) is 0 Å². The van der Waals surface area contributed by atoms with Crippen LogP contribution in [0.2, 0.25) is 5.02 Å². The molecule has 0 spiro atoms. The third-order valence-corrected chi connectivity index (χ3v) is 5.08. The first-order chi connectivity index (χ1) is 10.8. The van der Waals surface area contributed by atoms with Crippen molar-refractivity contribution in [3.63, 3.8) is 0 Å². The predicted molar refractivity (Wildman–Crippen MR) is 94.7 cm³/mol. The van der Waals surface area contributed by atoms with Crippen molar-refractivity contribution in [2.75, 3.05) is 5.32 Å². The van der Waals surface area contributed by atoms with Gasteiger partial charge in [-0.2, -0.15) is 9.36 Å². The summed E-state index contributed by atoms with van der Waals surface area (Å²) in [6, 6.07) is 18.1. The molecule has 0 bridgehead atoms. The SMILES string of the molecule is Clc1ccccc1CNc1nc(SCc2ccccc2)ns1. The van der Waals surface area contributed by atoms with Crippen molar-refractivity contribution in [1.82, 2.24) is 9.36 Å². The first-order valence-corrected chi connectivity index (χ1v) is 8.92. The lowest BCUT2D eigenvalue weighted by molar-refractivity contribution is 1.05. The highest BCUT2D eigenvalue weighted by Gasteiger charge is 2.06. The van der Waals surface area contributed by atoms with Gasteiger partial charge in [0.15, 0.2) is 0 Å². The van der Waals surface area contributed by atoms with Crippen LogP contribution in [0.15, 0.2) is 59.8 Å². The Morgan fingerprint density at radius 3 is 2.64 bits per heavy atom. The molecule has 3 rings (SSSR count). The van der Waals surface area contributed by atoms with Crippen LogP contribution in [0.25, 0.3) is 0 Å². The van der Waals surface area contributed by atoms with Crippen LogP contribution in [0.4, 0.5) is 5.13 Å². The van der Waals surface area contributed by atoms with Crippen molar-refractivity contribution >= 4 is 40.0 Å². The van der Waals surface area contributed by atoms with E-state index in [-0.39, 0.29) is 0 Å². The van der Waals surface area contributed by atoms with E-state index >= 15 is 0 Å². The Morgan fingerprint density at radius 2 is 1.82 bits per heavy atom. The van der Waals surface area contributed by atoms with Crippen LogP contribution in [-0.2, 0) is 12.3 Å². The van der Waals surface area contributed by atoms with E-state index in [0.717, 1.165) is 26.6 Å². The van der Waals surface area contributed by atoms with E-state index in [1.807, 2.05) is 42.5 Å². The lowest BCUT2D eigenvalue weighted by Gasteiger charge is -2.04. The lowest BCUT2D eigenvalue weighted by Crippen LogP contribution is -1.99. The number of anilines is 1. The number of thioether (sulfide) groups is 1. The van der Waals surface area contributed by atoms with E-state index in [0.29, 0.717) is 6.54 Å². The Bertz CT molecular complexity index is 731. The van der Waals surface area contributed by atoms with Crippen LogP contribution < -0.4 is 5.32 Å². The standard InChI is InChI=1S/C16H14ClN3S2/c17-14-9-5-4-8-13(14)10-18-15-19-16(20-22-15)21-11-12-6-2-1-3-7-12/h1-9H,10-11H2,(H,18,19,20). The average Bonchev–Trinajstić information content (AvgIpc) is 3.01. The molecule has 0 aliphatic rings. The number of nitrogens with zero attached hydrogens (tertiary/aromatic N) is 2. The molecule has 22 heavy (non-hydrogen) atoms. The highest BCUT2D eigenvalue weighted by molar-refractivity contribution is 7.98. The number of hydrogen-bond donors (Lipinski definition) is 1. The van der Waals surface area contributed by atoms with Crippen molar-refractivity contribution in [3.8, 4) is 0 Å². The maximum atomic E-state index is 6.14. The normalized spacial score (nSPS) is 10.6. The molecule has 0 fully saturated rings. The second-order valence-electron chi connectivity index (χ2n) is 4.60. The Balaban J connectivity index is 1.54. The fourth-order valence-corrected chi connectivity index (χ4v) is 3.57. The lowest BCUT2D eigenvalue weighted by atomic mass is 10.2. The quantitative estimate of drug-likeness (QED) is 0.630. The Kier molecular flexibility index (Phi) is 5.32. The summed E-state index contributed by atoms with van der Waals surface area (Å²) in [5.41, 5.74) is 2.32. The second kappa shape index (κ2) is 7.63. The zero-order valence-electron chi connectivity index (χ0n) is 11.7. The molecule has 3 aromatic rings. The molecule has 6 heteroatoms. The molecular weight excluding hydrogens is 334 g/mol. The van der Waals surface area contributed by atoms with Gasteiger partial charge < -0.3 is 5.32 Å². The van der Waals surface area contributed by atoms with E-state index in [1.54, 1.807) is 11.8 Å². The topological polar surface area (TPSA) is 37.8 Å².